The second-order valence-electron chi connectivity index (χ2n) is 5.34. The zero-order valence-electron chi connectivity index (χ0n) is 12.1. The summed E-state index contributed by atoms with van der Waals surface area (Å²) >= 11 is 1.64. The van der Waals surface area contributed by atoms with Gasteiger partial charge in [-0.1, -0.05) is 38.1 Å². The molecule has 19 heavy (non-hydrogen) atoms. The van der Waals surface area contributed by atoms with E-state index < -0.39 is 0 Å². The van der Waals surface area contributed by atoms with Gasteiger partial charge in [0.05, 0.1) is 11.2 Å². The summed E-state index contributed by atoms with van der Waals surface area (Å²) in [6.07, 6.45) is 0. The molecule has 1 aromatic heterocycles. The number of nitrogens with zero attached hydrogens (tertiary/aromatic N) is 1. The molecule has 2 aromatic rings. The minimum Gasteiger partial charge on any atom is -0.302 e. The molecule has 3 heteroatoms. The van der Waals surface area contributed by atoms with Crippen molar-refractivity contribution in [2.24, 2.45) is 0 Å². The van der Waals surface area contributed by atoms with E-state index in [9.17, 15) is 0 Å². The van der Waals surface area contributed by atoms with Crippen molar-refractivity contribution in [3.8, 4) is 0 Å². The summed E-state index contributed by atoms with van der Waals surface area (Å²) in [6, 6.07) is 9.52. The van der Waals surface area contributed by atoms with Gasteiger partial charge in [-0.2, -0.15) is 0 Å². The fraction of sp³-hybridized carbons (Fsp3) is 0.438. The molecule has 1 heterocycles. The van der Waals surface area contributed by atoms with Crippen LogP contribution in [-0.4, -0.2) is 4.98 Å². The Labute approximate surface area is 119 Å². The lowest BCUT2D eigenvalue weighted by molar-refractivity contribution is 0.488. The van der Waals surface area contributed by atoms with Crippen molar-refractivity contribution >= 4 is 11.3 Å². The van der Waals surface area contributed by atoms with E-state index in [0.717, 1.165) is 5.69 Å². The molecule has 0 amide bonds. The molecular weight excluding hydrogens is 252 g/mol. The summed E-state index contributed by atoms with van der Waals surface area (Å²) in [4.78, 5) is 4.36. The van der Waals surface area contributed by atoms with Gasteiger partial charge in [-0.05, 0) is 30.9 Å². The molecule has 0 saturated heterocycles. The molecule has 0 fully saturated rings. The highest BCUT2D eigenvalue weighted by Crippen LogP contribution is 2.21. The van der Waals surface area contributed by atoms with Gasteiger partial charge in [-0.25, -0.2) is 4.98 Å². The number of hydrogen-bond donors (Lipinski definition) is 1. The Morgan fingerprint density at radius 3 is 2.11 bits per heavy atom. The highest BCUT2D eigenvalue weighted by molar-refractivity contribution is 7.07. The van der Waals surface area contributed by atoms with E-state index in [1.54, 1.807) is 11.3 Å². The van der Waals surface area contributed by atoms with Crippen molar-refractivity contribution in [3.63, 3.8) is 0 Å². The first kappa shape index (κ1) is 14.2. The van der Waals surface area contributed by atoms with Crippen molar-refractivity contribution in [2.45, 2.75) is 45.7 Å². The highest BCUT2D eigenvalue weighted by atomic mass is 32.1. The largest absolute Gasteiger partial charge is 0.302 e. The molecule has 0 aliphatic carbocycles. The first-order valence-electron chi connectivity index (χ1n) is 6.82. The van der Waals surface area contributed by atoms with Crippen LogP contribution in [0.5, 0.6) is 0 Å². The zero-order chi connectivity index (χ0) is 13.8. The van der Waals surface area contributed by atoms with Crippen LogP contribution in [0, 0.1) is 0 Å². The molecule has 0 aliphatic rings. The molecule has 0 spiro atoms. The lowest BCUT2D eigenvalue weighted by Gasteiger charge is -2.19. The Bertz CT molecular complexity index is 488. The number of benzene rings is 1. The van der Waals surface area contributed by atoms with Gasteiger partial charge in [0.1, 0.15) is 0 Å². The Kier molecular flexibility index (Phi) is 4.72. The Balaban J connectivity index is 2.01. The maximum absolute atomic E-state index is 4.36. The van der Waals surface area contributed by atoms with Crippen LogP contribution in [0.4, 0.5) is 0 Å². The average molecular weight is 274 g/mol. The van der Waals surface area contributed by atoms with Gasteiger partial charge >= 0.3 is 0 Å². The minimum absolute atomic E-state index is 0.283. The predicted molar refractivity (Wildman–Crippen MR) is 82.6 cm³/mol. The molecule has 1 N–H and O–H groups in total. The van der Waals surface area contributed by atoms with Crippen LogP contribution < -0.4 is 5.32 Å². The summed E-state index contributed by atoms with van der Waals surface area (Å²) in [5.74, 6) is 0.589. The van der Waals surface area contributed by atoms with E-state index in [0.29, 0.717) is 12.0 Å². The zero-order valence-corrected chi connectivity index (χ0v) is 12.9. The van der Waals surface area contributed by atoms with E-state index in [2.05, 4.69) is 67.6 Å². The average Bonchev–Trinajstić information content (AvgIpc) is 2.92. The van der Waals surface area contributed by atoms with E-state index in [1.165, 1.54) is 11.1 Å². The molecule has 1 aromatic carbocycles. The number of rotatable bonds is 5. The van der Waals surface area contributed by atoms with Gasteiger partial charge in [-0.3, -0.25) is 0 Å². The van der Waals surface area contributed by atoms with Gasteiger partial charge in [0.25, 0.3) is 0 Å². The molecule has 0 bridgehead atoms. The number of aromatic nitrogens is 1. The fourth-order valence-electron chi connectivity index (χ4n) is 2.16. The highest BCUT2D eigenvalue weighted by Gasteiger charge is 2.12. The monoisotopic (exact) mass is 274 g/mol. The van der Waals surface area contributed by atoms with Crippen molar-refractivity contribution in [3.05, 3.63) is 52.0 Å². The maximum atomic E-state index is 4.36. The molecular formula is C16H22N2S. The van der Waals surface area contributed by atoms with Crippen LogP contribution >= 0.6 is 11.3 Å². The summed E-state index contributed by atoms with van der Waals surface area (Å²) in [5.41, 5.74) is 5.72. The third-order valence-electron chi connectivity index (χ3n) is 3.50. The van der Waals surface area contributed by atoms with Crippen LogP contribution in [0.25, 0.3) is 0 Å². The summed E-state index contributed by atoms with van der Waals surface area (Å²) < 4.78 is 0. The van der Waals surface area contributed by atoms with Crippen LogP contribution in [0.3, 0.4) is 0 Å². The topological polar surface area (TPSA) is 24.9 Å². The Morgan fingerprint density at radius 1 is 0.947 bits per heavy atom. The number of hydrogen-bond acceptors (Lipinski definition) is 3. The molecule has 0 aliphatic heterocycles. The van der Waals surface area contributed by atoms with Gasteiger partial charge in [0.15, 0.2) is 0 Å². The second kappa shape index (κ2) is 6.31. The van der Waals surface area contributed by atoms with Gasteiger partial charge in [-0.15, -0.1) is 11.3 Å². The minimum atomic E-state index is 0.283. The van der Waals surface area contributed by atoms with E-state index in [4.69, 9.17) is 0 Å². The van der Waals surface area contributed by atoms with Crippen LogP contribution in [0.2, 0.25) is 0 Å². The smallest absolute Gasteiger partial charge is 0.0795 e. The Morgan fingerprint density at radius 2 is 1.58 bits per heavy atom. The third-order valence-corrected chi connectivity index (χ3v) is 4.10. The molecule has 0 saturated carbocycles. The normalized spacial score (nSPS) is 14.6. The maximum Gasteiger partial charge on any atom is 0.0795 e. The molecule has 2 atom stereocenters. The van der Waals surface area contributed by atoms with Gasteiger partial charge in [0.2, 0.25) is 0 Å². The lowest BCUT2D eigenvalue weighted by Crippen LogP contribution is -2.22. The van der Waals surface area contributed by atoms with Gasteiger partial charge < -0.3 is 5.32 Å². The first-order valence-corrected chi connectivity index (χ1v) is 7.76. The van der Waals surface area contributed by atoms with Crippen molar-refractivity contribution in [2.75, 3.05) is 0 Å². The number of nitrogens with one attached hydrogen (secondary N) is 1. The standard InChI is InChI=1S/C16H22N2S/c1-11(2)14-5-7-15(8-6-14)12(3)18-13(4)16-9-19-10-17-16/h5-13,18H,1-4H3. The first-order chi connectivity index (χ1) is 9.08. The molecule has 0 radical (unpaired) electrons. The summed E-state index contributed by atoms with van der Waals surface area (Å²) in [7, 11) is 0. The molecule has 2 unspecified atom stereocenters. The lowest BCUT2D eigenvalue weighted by atomic mass is 9.99. The van der Waals surface area contributed by atoms with Crippen molar-refractivity contribution < 1.29 is 0 Å². The quantitative estimate of drug-likeness (QED) is 0.856. The Hall–Kier alpha value is -1.19. The third kappa shape index (κ3) is 3.64. The molecule has 2 rings (SSSR count). The SMILES string of the molecule is CC(C)c1ccc(C(C)NC(C)c2cscn2)cc1. The van der Waals surface area contributed by atoms with Crippen LogP contribution in [0.1, 0.15) is 62.5 Å². The summed E-state index contributed by atoms with van der Waals surface area (Å²) in [5, 5.41) is 5.69. The van der Waals surface area contributed by atoms with Crippen molar-refractivity contribution in [1.29, 1.82) is 0 Å². The second-order valence-corrected chi connectivity index (χ2v) is 6.06. The van der Waals surface area contributed by atoms with E-state index >= 15 is 0 Å². The van der Waals surface area contributed by atoms with Gasteiger partial charge in [0, 0.05) is 17.5 Å². The summed E-state index contributed by atoms with van der Waals surface area (Å²) in [6.45, 7) is 8.81. The van der Waals surface area contributed by atoms with Crippen molar-refractivity contribution in [1.82, 2.24) is 10.3 Å². The van der Waals surface area contributed by atoms with E-state index in [1.807, 2.05) is 5.51 Å². The fourth-order valence-corrected chi connectivity index (χ4v) is 2.81. The number of thiazole rings is 1. The van der Waals surface area contributed by atoms with Crippen LogP contribution in [-0.2, 0) is 0 Å². The molecule has 2 nitrogen and oxygen atoms in total. The predicted octanol–water partition coefficient (Wildman–Crippen LogP) is 4.68. The molecule has 102 valence electrons. The van der Waals surface area contributed by atoms with E-state index in [-0.39, 0.29) is 6.04 Å². The van der Waals surface area contributed by atoms with Crippen LogP contribution in [0.15, 0.2) is 35.2 Å².